The first-order chi connectivity index (χ1) is 15.5. The number of hydrogen-bond donors (Lipinski definition) is 0. The number of nitrogens with zero attached hydrogens (tertiary/aromatic N) is 3. The number of benzene rings is 2. The zero-order valence-corrected chi connectivity index (χ0v) is 17.9. The number of halogens is 7. The number of aromatic nitrogens is 1. The van der Waals surface area contributed by atoms with Gasteiger partial charge in [-0.2, -0.15) is 4.31 Å². The molecule has 0 atom stereocenters. The van der Waals surface area contributed by atoms with Crippen molar-refractivity contribution in [3.05, 3.63) is 64.3 Å². The van der Waals surface area contributed by atoms with Crippen molar-refractivity contribution in [2.75, 3.05) is 31.1 Å². The fraction of sp³-hybridized carbons (Fsp3) is 0.211. The predicted octanol–water partition coefficient (Wildman–Crippen LogP) is 4.29. The molecule has 0 N–H and O–H groups in total. The Hall–Kier alpha value is -2.71. The number of rotatable bonds is 4. The molecule has 0 aliphatic carbocycles. The Bertz CT molecular complexity index is 1310. The highest BCUT2D eigenvalue weighted by Crippen LogP contribution is 2.32. The second kappa shape index (κ2) is 8.57. The minimum atomic E-state index is -5.02. The van der Waals surface area contributed by atoms with Crippen molar-refractivity contribution < 1.29 is 39.2 Å². The Morgan fingerprint density at radius 2 is 1.36 bits per heavy atom. The molecule has 1 aliphatic rings. The van der Waals surface area contributed by atoms with Gasteiger partial charge in [0.1, 0.15) is 0 Å². The quantitative estimate of drug-likeness (QED) is 0.298. The highest BCUT2D eigenvalue weighted by atomic mass is 32.2. The van der Waals surface area contributed by atoms with Crippen LogP contribution in [-0.2, 0) is 10.0 Å². The minimum absolute atomic E-state index is 0.000636. The molecule has 0 bridgehead atoms. The predicted molar refractivity (Wildman–Crippen MR) is 105 cm³/mol. The first kappa shape index (κ1) is 23.4. The second-order valence-electron chi connectivity index (χ2n) is 6.93. The third-order valence-corrected chi connectivity index (χ3v) is 7.80. The van der Waals surface area contributed by atoms with E-state index in [1.165, 1.54) is 6.07 Å². The molecule has 0 unspecified atom stereocenters. The van der Waals surface area contributed by atoms with E-state index >= 15 is 0 Å². The summed E-state index contributed by atoms with van der Waals surface area (Å²) in [7, 11) is -5.02. The molecule has 0 amide bonds. The summed E-state index contributed by atoms with van der Waals surface area (Å²) in [6.45, 7) is -0.636. The molecule has 1 aliphatic heterocycles. The lowest BCUT2D eigenvalue weighted by Crippen LogP contribution is -2.49. The molecule has 2 heterocycles. The normalized spacial score (nSPS) is 15.3. The van der Waals surface area contributed by atoms with Crippen molar-refractivity contribution in [1.29, 1.82) is 0 Å². The molecule has 33 heavy (non-hydrogen) atoms. The lowest BCUT2D eigenvalue weighted by atomic mass is 10.2. The molecule has 1 saturated heterocycles. The molecule has 1 aromatic heterocycles. The van der Waals surface area contributed by atoms with Crippen LogP contribution in [0, 0.1) is 40.7 Å². The maximum Gasteiger partial charge on any atom is 0.249 e. The van der Waals surface area contributed by atoms with Crippen LogP contribution in [0.5, 0.6) is 0 Å². The van der Waals surface area contributed by atoms with Crippen LogP contribution in [-0.4, -0.2) is 43.9 Å². The van der Waals surface area contributed by atoms with Gasteiger partial charge in [0.05, 0.1) is 5.69 Å². The van der Waals surface area contributed by atoms with E-state index in [0.717, 1.165) is 23.5 Å². The second-order valence-corrected chi connectivity index (χ2v) is 9.65. The number of thiazole rings is 1. The molecule has 5 nitrogen and oxygen atoms in total. The molecule has 0 spiro atoms. The van der Waals surface area contributed by atoms with Gasteiger partial charge >= 0.3 is 0 Å². The molecular formula is C19H12F7N3O2S2. The molecule has 2 aromatic carbocycles. The van der Waals surface area contributed by atoms with Crippen LogP contribution in [0.4, 0.5) is 35.9 Å². The SMILES string of the molecule is O=S(=O)(c1c(F)c(F)c(F)c(F)c1F)N1CCN(c2nc(-c3ccc(F)c(F)c3)cs2)CC1. The van der Waals surface area contributed by atoms with Gasteiger partial charge in [0, 0.05) is 37.1 Å². The molecule has 4 rings (SSSR count). The van der Waals surface area contributed by atoms with Gasteiger partial charge in [0.2, 0.25) is 15.8 Å². The van der Waals surface area contributed by atoms with Crippen LogP contribution in [0.1, 0.15) is 0 Å². The van der Waals surface area contributed by atoms with Crippen molar-refractivity contribution in [3.63, 3.8) is 0 Å². The Morgan fingerprint density at radius 3 is 1.94 bits per heavy atom. The first-order valence-corrected chi connectivity index (χ1v) is 11.5. The van der Waals surface area contributed by atoms with Gasteiger partial charge in [-0.1, -0.05) is 0 Å². The summed E-state index contributed by atoms with van der Waals surface area (Å²) in [5.74, 6) is -14.1. The zero-order chi connectivity index (χ0) is 24.1. The van der Waals surface area contributed by atoms with Crippen LogP contribution < -0.4 is 4.90 Å². The lowest BCUT2D eigenvalue weighted by Gasteiger charge is -2.33. The Balaban J connectivity index is 1.53. The maximum absolute atomic E-state index is 14.0. The third kappa shape index (κ3) is 4.06. The summed E-state index contributed by atoms with van der Waals surface area (Å²) in [5.41, 5.74) is 0.675. The molecule has 0 saturated carbocycles. The highest BCUT2D eigenvalue weighted by Gasteiger charge is 2.38. The van der Waals surface area contributed by atoms with Crippen LogP contribution in [0.2, 0.25) is 0 Å². The van der Waals surface area contributed by atoms with Crippen LogP contribution in [0.3, 0.4) is 0 Å². The van der Waals surface area contributed by atoms with Gasteiger partial charge in [-0.3, -0.25) is 0 Å². The van der Waals surface area contributed by atoms with Crippen molar-refractivity contribution >= 4 is 26.5 Å². The summed E-state index contributed by atoms with van der Waals surface area (Å²) >= 11 is 1.15. The van der Waals surface area contributed by atoms with Crippen molar-refractivity contribution in [1.82, 2.24) is 9.29 Å². The minimum Gasteiger partial charge on any atom is -0.345 e. The first-order valence-electron chi connectivity index (χ1n) is 9.20. The van der Waals surface area contributed by atoms with Gasteiger partial charge in [-0.15, -0.1) is 11.3 Å². The topological polar surface area (TPSA) is 53.5 Å². The van der Waals surface area contributed by atoms with Gasteiger partial charge in [0.25, 0.3) is 0 Å². The van der Waals surface area contributed by atoms with Crippen molar-refractivity contribution in [2.24, 2.45) is 0 Å². The monoisotopic (exact) mass is 511 g/mol. The summed E-state index contributed by atoms with van der Waals surface area (Å²) in [6, 6.07) is 3.27. The Labute approximate surface area is 186 Å². The van der Waals surface area contributed by atoms with Crippen LogP contribution in [0.15, 0.2) is 28.5 Å². The van der Waals surface area contributed by atoms with E-state index in [9.17, 15) is 39.2 Å². The number of sulfonamides is 1. The lowest BCUT2D eigenvalue weighted by molar-refractivity contribution is 0.344. The van der Waals surface area contributed by atoms with E-state index in [2.05, 4.69) is 4.98 Å². The van der Waals surface area contributed by atoms with Gasteiger partial charge in [0.15, 0.2) is 44.9 Å². The Kier molecular flexibility index (Phi) is 6.09. The fourth-order valence-electron chi connectivity index (χ4n) is 3.26. The summed E-state index contributed by atoms with van der Waals surface area (Å²) in [4.78, 5) is 4.04. The van der Waals surface area contributed by atoms with Gasteiger partial charge in [-0.05, 0) is 18.2 Å². The van der Waals surface area contributed by atoms with E-state index in [1.54, 1.807) is 10.3 Å². The molecule has 14 heteroatoms. The van der Waals surface area contributed by atoms with Crippen molar-refractivity contribution in [2.45, 2.75) is 4.90 Å². The molecule has 0 radical (unpaired) electrons. The van der Waals surface area contributed by atoms with E-state index in [1.807, 2.05) is 0 Å². The van der Waals surface area contributed by atoms with Crippen LogP contribution >= 0.6 is 11.3 Å². The fourth-order valence-corrected chi connectivity index (χ4v) is 5.68. The standard InChI is InChI=1S/C19H12F7N3O2S2/c20-10-2-1-9(7-11(10)21)12-8-32-19(27-12)28-3-5-29(6-4-28)33(30,31)18-16(25)14(23)13(22)15(24)17(18)26/h1-2,7-8H,3-6H2. The molecule has 3 aromatic rings. The van der Waals surface area contributed by atoms with Gasteiger partial charge < -0.3 is 4.90 Å². The van der Waals surface area contributed by atoms with E-state index in [0.29, 0.717) is 20.7 Å². The third-order valence-electron chi connectivity index (χ3n) is 4.98. The smallest absolute Gasteiger partial charge is 0.249 e. The Morgan fingerprint density at radius 1 is 0.788 bits per heavy atom. The van der Waals surface area contributed by atoms with E-state index in [-0.39, 0.29) is 26.2 Å². The van der Waals surface area contributed by atoms with Crippen molar-refractivity contribution in [3.8, 4) is 11.3 Å². The van der Waals surface area contributed by atoms with Gasteiger partial charge in [-0.25, -0.2) is 44.1 Å². The maximum atomic E-state index is 14.0. The summed E-state index contributed by atoms with van der Waals surface area (Å²) in [5, 5.41) is 2.00. The van der Waals surface area contributed by atoms with Crippen LogP contribution in [0.25, 0.3) is 11.3 Å². The summed E-state index contributed by atoms with van der Waals surface area (Å²) < 4.78 is 121. The average Bonchev–Trinajstić information content (AvgIpc) is 3.28. The average molecular weight is 511 g/mol. The highest BCUT2D eigenvalue weighted by molar-refractivity contribution is 7.89. The largest absolute Gasteiger partial charge is 0.345 e. The summed E-state index contributed by atoms with van der Waals surface area (Å²) in [6.07, 6.45) is 0. The number of piperazine rings is 1. The molecule has 176 valence electrons. The number of hydrogen-bond acceptors (Lipinski definition) is 5. The molecule has 1 fully saturated rings. The molecular weight excluding hydrogens is 499 g/mol. The zero-order valence-electron chi connectivity index (χ0n) is 16.3. The number of anilines is 1. The van der Waals surface area contributed by atoms with E-state index in [4.69, 9.17) is 0 Å². The van der Waals surface area contributed by atoms with E-state index < -0.39 is 55.6 Å².